The molecule has 0 radical (unpaired) electrons. The monoisotopic (exact) mass is 474 g/mol. The van der Waals surface area contributed by atoms with Crippen molar-refractivity contribution in [1.82, 2.24) is 19.8 Å². The van der Waals surface area contributed by atoms with Gasteiger partial charge in [-0.05, 0) is 50.1 Å². The van der Waals surface area contributed by atoms with Crippen molar-refractivity contribution < 1.29 is 17.7 Å². The highest BCUT2D eigenvalue weighted by Crippen LogP contribution is 2.25. The van der Waals surface area contributed by atoms with E-state index in [-0.39, 0.29) is 29.8 Å². The van der Waals surface area contributed by atoms with Crippen LogP contribution in [0.15, 0.2) is 57.9 Å². The van der Waals surface area contributed by atoms with E-state index in [0.29, 0.717) is 30.2 Å². The van der Waals surface area contributed by atoms with E-state index in [1.54, 1.807) is 0 Å². The van der Waals surface area contributed by atoms with E-state index in [0.717, 1.165) is 11.1 Å². The number of nitrogens with zero attached hydrogens (tertiary/aromatic N) is 3. The quantitative estimate of drug-likeness (QED) is 0.586. The first kappa shape index (κ1) is 22.4. The van der Waals surface area contributed by atoms with E-state index < -0.39 is 15.9 Å². The summed E-state index contributed by atoms with van der Waals surface area (Å²) >= 11 is 5.86. The summed E-state index contributed by atoms with van der Waals surface area (Å²) in [4.78, 5) is 17.2. The Kier molecular flexibility index (Phi) is 6.59. The van der Waals surface area contributed by atoms with Crippen LogP contribution in [0.4, 0.5) is 0 Å². The van der Waals surface area contributed by atoms with E-state index >= 15 is 0 Å². The lowest BCUT2D eigenvalue weighted by Gasteiger charge is -2.31. The minimum Gasteiger partial charge on any atom is -0.347 e. The highest BCUT2D eigenvalue weighted by Gasteiger charge is 2.33. The molecule has 1 aliphatic rings. The lowest BCUT2D eigenvalue weighted by atomic mass is 9.99. The molecule has 1 fully saturated rings. The normalized spacial score (nSPS) is 17.2. The van der Waals surface area contributed by atoms with Gasteiger partial charge in [-0.15, -0.1) is 0 Å². The zero-order valence-corrected chi connectivity index (χ0v) is 19.1. The molecule has 0 saturated carbocycles. The van der Waals surface area contributed by atoms with Crippen LogP contribution in [0.2, 0.25) is 5.02 Å². The summed E-state index contributed by atoms with van der Waals surface area (Å²) in [5.41, 5.74) is 1.92. The molecule has 0 spiro atoms. The van der Waals surface area contributed by atoms with Crippen molar-refractivity contribution >= 4 is 27.5 Å². The number of carbonyl (C=O) groups is 1. The molecule has 3 aromatic rings. The van der Waals surface area contributed by atoms with Gasteiger partial charge in [-0.3, -0.25) is 4.79 Å². The Labute approximate surface area is 191 Å². The second-order valence-corrected chi connectivity index (χ2v) is 10.1. The van der Waals surface area contributed by atoms with Crippen molar-refractivity contribution in [2.24, 2.45) is 5.92 Å². The molecule has 32 heavy (non-hydrogen) atoms. The minimum absolute atomic E-state index is 0.0814. The van der Waals surface area contributed by atoms with Crippen molar-refractivity contribution in [2.45, 2.75) is 31.2 Å². The summed E-state index contributed by atoms with van der Waals surface area (Å²) in [7, 11) is -3.69. The Morgan fingerprint density at radius 2 is 2.03 bits per heavy atom. The maximum absolute atomic E-state index is 12.9. The van der Waals surface area contributed by atoms with Crippen LogP contribution in [0, 0.1) is 12.8 Å². The van der Waals surface area contributed by atoms with Crippen LogP contribution in [0.1, 0.15) is 24.3 Å². The topological polar surface area (TPSA) is 105 Å². The number of sulfonamides is 1. The zero-order valence-electron chi connectivity index (χ0n) is 17.5. The average Bonchev–Trinajstić information content (AvgIpc) is 3.27. The number of benzene rings is 2. The van der Waals surface area contributed by atoms with Crippen LogP contribution in [-0.2, 0) is 21.4 Å². The number of hydrogen-bond donors (Lipinski definition) is 1. The fourth-order valence-corrected chi connectivity index (χ4v) is 5.32. The van der Waals surface area contributed by atoms with Crippen LogP contribution in [0.3, 0.4) is 0 Å². The number of rotatable bonds is 6. The molecule has 1 amide bonds. The van der Waals surface area contributed by atoms with Gasteiger partial charge in [-0.2, -0.15) is 9.29 Å². The fraction of sp³-hybridized carbons (Fsp3) is 0.318. The molecule has 1 atom stereocenters. The van der Waals surface area contributed by atoms with Gasteiger partial charge in [-0.25, -0.2) is 8.42 Å². The lowest BCUT2D eigenvalue weighted by Crippen LogP contribution is -2.45. The molecule has 0 bridgehead atoms. The SMILES string of the molecule is Cc1cccc(-c2noc(CNC(=O)[C@H]3CCCN(S(=O)(=O)c4ccc(Cl)cc4)C3)n2)c1. The van der Waals surface area contributed by atoms with Gasteiger partial charge >= 0.3 is 0 Å². The van der Waals surface area contributed by atoms with E-state index in [2.05, 4.69) is 15.5 Å². The molecular formula is C22H23ClN4O4S. The van der Waals surface area contributed by atoms with E-state index in [1.165, 1.54) is 28.6 Å². The van der Waals surface area contributed by atoms with E-state index in [1.807, 2.05) is 31.2 Å². The summed E-state index contributed by atoms with van der Waals surface area (Å²) in [5, 5.41) is 7.22. The largest absolute Gasteiger partial charge is 0.347 e. The summed E-state index contributed by atoms with van der Waals surface area (Å²) in [6.45, 7) is 2.55. The molecule has 0 aliphatic carbocycles. The highest BCUT2D eigenvalue weighted by atomic mass is 35.5. The third kappa shape index (κ3) is 5.01. The Balaban J connectivity index is 1.37. The number of carbonyl (C=O) groups excluding carboxylic acids is 1. The third-order valence-electron chi connectivity index (χ3n) is 5.36. The maximum Gasteiger partial charge on any atom is 0.246 e. The molecule has 8 nitrogen and oxygen atoms in total. The van der Waals surface area contributed by atoms with E-state index in [9.17, 15) is 13.2 Å². The molecule has 1 aromatic heterocycles. The van der Waals surface area contributed by atoms with Crippen molar-refractivity contribution in [3.63, 3.8) is 0 Å². The molecule has 1 saturated heterocycles. The Bertz CT molecular complexity index is 1210. The van der Waals surface area contributed by atoms with Crippen molar-refractivity contribution in [2.75, 3.05) is 13.1 Å². The number of nitrogens with one attached hydrogen (secondary N) is 1. The molecule has 2 aromatic carbocycles. The Morgan fingerprint density at radius 3 is 2.78 bits per heavy atom. The number of piperidine rings is 1. The number of hydrogen-bond acceptors (Lipinski definition) is 6. The van der Waals surface area contributed by atoms with Crippen LogP contribution < -0.4 is 5.32 Å². The Hall–Kier alpha value is -2.75. The predicted molar refractivity (Wildman–Crippen MR) is 119 cm³/mol. The van der Waals surface area contributed by atoms with Gasteiger partial charge in [0.15, 0.2) is 0 Å². The Morgan fingerprint density at radius 1 is 1.25 bits per heavy atom. The molecular weight excluding hydrogens is 452 g/mol. The van der Waals surface area contributed by atoms with Crippen LogP contribution in [0.5, 0.6) is 0 Å². The molecule has 0 unspecified atom stereocenters. The van der Waals surface area contributed by atoms with Crippen molar-refractivity contribution in [1.29, 1.82) is 0 Å². The molecule has 4 rings (SSSR count). The van der Waals surface area contributed by atoms with Gasteiger partial charge < -0.3 is 9.84 Å². The zero-order chi connectivity index (χ0) is 22.7. The van der Waals surface area contributed by atoms with Crippen LogP contribution in [-0.4, -0.2) is 41.9 Å². The number of halogens is 1. The van der Waals surface area contributed by atoms with Gasteiger partial charge in [0, 0.05) is 23.7 Å². The van der Waals surface area contributed by atoms with Crippen molar-refractivity contribution in [3.8, 4) is 11.4 Å². The number of aromatic nitrogens is 2. The van der Waals surface area contributed by atoms with Crippen molar-refractivity contribution in [3.05, 3.63) is 65.0 Å². The average molecular weight is 475 g/mol. The van der Waals surface area contributed by atoms with Gasteiger partial charge in [0.1, 0.15) is 0 Å². The second-order valence-electron chi connectivity index (χ2n) is 7.76. The molecule has 1 aliphatic heterocycles. The van der Waals surface area contributed by atoms with Crippen LogP contribution in [0.25, 0.3) is 11.4 Å². The first-order valence-corrected chi connectivity index (χ1v) is 12.1. The second kappa shape index (κ2) is 9.40. The molecule has 2 heterocycles. The summed E-state index contributed by atoms with van der Waals surface area (Å²) in [6.07, 6.45) is 1.21. The summed E-state index contributed by atoms with van der Waals surface area (Å²) < 4.78 is 32.5. The van der Waals surface area contributed by atoms with Gasteiger partial charge in [0.05, 0.1) is 17.4 Å². The highest BCUT2D eigenvalue weighted by molar-refractivity contribution is 7.89. The number of amides is 1. The summed E-state index contributed by atoms with van der Waals surface area (Å²) in [6, 6.07) is 13.8. The molecule has 10 heteroatoms. The van der Waals surface area contributed by atoms with Crippen LogP contribution >= 0.6 is 11.6 Å². The predicted octanol–water partition coefficient (Wildman–Crippen LogP) is 3.42. The minimum atomic E-state index is -3.69. The molecule has 168 valence electrons. The van der Waals surface area contributed by atoms with Gasteiger partial charge in [0.2, 0.25) is 27.6 Å². The fourth-order valence-electron chi connectivity index (χ4n) is 3.67. The standard InChI is InChI=1S/C22H23ClN4O4S/c1-15-4-2-5-16(12-15)21-25-20(31-26-21)13-24-22(28)17-6-3-11-27(14-17)32(29,30)19-9-7-18(23)8-10-19/h2,4-5,7-10,12,17H,3,6,11,13-14H2,1H3,(H,24,28)/t17-/m0/s1. The molecule has 1 N–H and O–H groups in total. The maximum atomic E-state index is 12.9. The number of aryl methyl sites for hydroxylation is 1. The first-order chi connectivity index (χ1) is 15.3. The van der Waals surface area contributed by atoms with Gasteiger partial charge in [0.25, 0.3) is 0 Å². The van der Waals surface area contributed by atoms with E-state index in [4.69, 9.17) is 16.1 Å². The van der Waals surface area contributed by atoms with Gasteiger partial charge in [-0.1, -0.05) is 40.5 Å². The summed E-state index contributed by atoms with van der Waals surface area (Å²) in [5.74, 6) is 0.0495. The smallest absolute Gasteiger partial charge is 0.246 e. The lowest BCUT2D eigenvalue weighted by molar-refractivity contribution is -0.126. The third-order valence-corrected chi connectivity index (χ3v) is 7.50. The first-order valence-electron chi connectivity index (χ1n) is 10.3.